The minimum absolute atomic E-state index is 0.00958. The lowest BCUT2D eigenvalue weighted by Gasteiger charge is -2.12. The minimum atomic E-state index is -0.345. The molecule has 0 radical (unpaired) electrons. The number of nitrogens with two attached hydrogens (primary N) is 2. The molecule has 5 heteroatoms. The predicted molar refractivity (Wildman–Crippen MR) is 61.6 cm³/mol. The van der Waals surface area contributed by atoms with Gasteiger partial charge in [-0.25, -0.2) is 0 Å². The van der Waals surface area contributed by atoms with Crippen LogP contribution in [-0.4, -0.2) is 24.3 Å². The highest BCUT2D eigenvalue weighted by Gasteiger charge is 2.15. The number of hydrogen-bond acceptors (Lipinski definition) is 3. The lowest BCUT2D eigenvalue weighted by Crippen LogP contribution is -2.34. The molecule has 0 aliphatic carbocycles. The molecule has 0 rings (SSSR count). The van der Waals surface area contributed by atoms with Gasteiger partial charge in [0.05, 0.1) is 6.04 Å². The highest BCUT2D eigenvalue weighted by molar-refractivity contribution is 5.85. The van der Waals surface area contributed by atoms with Crippen LogP contribution in [0.15, 0.2) is 0 Å². The van der Waals surface area contributed by atoms with Gasteiger partial charge in [-0.2, -0.15) is 0 Å². The number of carbonyl (C=O) groups is 1. The Kier molecular flexibility index (Phi) is 6.70. The predicted octanol–water partition coefficient (Wildman–Crippen LogP) is 0.192. The fourth-order valence-electron chi connectivity index (χ4n) is 1.28. The highest BCUT2D eigenvalue weighted by Crippen LogP contribution is 2.05. The zero-order valence-electron chi connectivity index (χ0n) is 9.55. The Bertz CT molecular complexity index is 215. The summed E-state index contributed by atoms with van der Waals surface area (Å²) in [5.74, 6) is 0.113. The SMILES string of the molecule is CC(C)C(=O)[C@H](N)CCCCNC(=N)N. The van der Waals surface area contributed by atoms with Crippen LogP contribution >= 0.6 is 0 Å². The molecule has 0 spiro atoms. The molecule has 0 fully saturated rings. The maximum absolute atomic E-state index is 11.4. The van der Waals surface area contributed by atoms with Crippen molar-refractivity contribution in [2.75, 3.05) is 6.54 Å². The van der Waals surface area contributed by atoms with Gasteiger partial charge in [0.1, 0.15) is 0 Å². The van der Waals surface area contributed by atoms with Crippen molar-refractivity contribution in [2.24, 2.45) is 17.4 Å². The van der Waals surface area contributed by atoms with Crippen molar-refractivity contribution in [1.29, 1.82) is 5.41 Å². The van der Waals surface area contributed by atoms with Gasteiger partial charge in [-0.1, -0.05) is 13.8 Å². The van der Waals surface area contributed by atoms with Crippen LogP contribution in [0.2, 0.25) is 0 Å². The Balaban J connectivity index is 3.51. The number of Topliss-reactive ketones (excluding diaryl/α,β-unsaturated/α-hetero) is 1. The van der Waals surface area contributed by atoms with E-state index in [1.807, 2.05) is 13.8 Å². The number of guanidine groups is 1. The van der Waals surface area contributed by atoms with Crippen LogP contribution in [0.25, 0.3) is 0 Å². The summed E-state index contributed by atoms with van der Waals surface area (Å²) < 4.78 is 0. The second kappa shape index (κ2) is 7.23. The third-order valence-electron chi connectivity index (χ3n) is 2.19. The highest BCUT2D eigenvalue weighted by atomic mass is 16.1. The van der Waals surface area contributed by atoms with Crippen LogP contribution in [0, 0.1) is 11.3 Å². The molecular weight excluding hydrogens is 192 g/mol. The Morgan fingerprint density at radius 3 is 2.47 bits per heavy atom. The monoisotopic (exact) mass is 214 g/mol. The van der Waals surface area contributed by atoms with E-state index < -0.39 is 0 Å². The van der Waals surface area contributed by atoms with Gasteiger partial charge in [-0.3, -0.25) is 10.2 Å². The first-order valence-corrected chi connectivity index (χ1v) is 5.32. The fraction of sp³-hybridized carbons (Fsp3) is 0.800. The van der Waals surface area contributed by atoms with Gasteiger partial charge in [0.2, 0.25) is 0 Å². The van der Waals surface area contributed by atoms with Crippen molar-refractivity contribution < 1.29 is 4.79 Å². The number of hydrogen-bond donors (Lipinski definition) is 4. The molecular formula is C10H22N4O. The van der Waals surface area contributed by atoms with E-state index in [2.05, 4.69) is 5.32 Å². The topological polar surface area (TPSA) is 105 Å². The molecule has 6 N–H and O–H groups in total. The average Bonchev–Trinajstić information content (AvgIpc) is 2.15. The number of nitrogens with one attached hydrogen (secondary N) is 2. The van der Waals surface area contributed by atoms with Crippen LogP contribution in [0.1, 0.15) is 33.1 Å². The summed E-state index contributed by atoms with van der Waals surface area (Å²) in [5.41, 5.74) is 10.8. The number of rotatable bonds is 7. The van der Waals surface area contributed by atoms with E-state index in [0.717, 1.165) is 12.8 Å². The normalized spacial score (nSPS) is 12.5. The van der Waals surface area contributed by atoms with Crippen molar-refractivity contribution >= 4 is 11.7 Å². The fourth-order valence-corrected chi connectivity index (χ4v) is 1.28. The van der Waals surface area contributed by atoms with Crippen molar-refractivity contribution in [3.05, 3.63) is 0 Å². The Morgan fingerprint density at radius 1 is 1.40 bits per heavy atom. The van der Waals surface area contributed by atoms with Crippen molar-refractivity contribution in [3.63, 3.8) is 0 Å². The minimum Gasteiger partial charge on any atom is -0.370 e. The molecule has 0 aromatic carbocycles. The Hall–Kier alpha value is -1.10. The molecule has 1 atom stereocenters. The molecule has 0 aromatic rings. The molecule has 0 bridgehead atoms. The van der Waals surface area contributed by atoms with E-state index in [4.69, 9.17) is 16.9 Å². The second-order valence-electron chi connectivity index (χ2n) is 4.00. The molecule has 88 valence electrons. The Morgan fingerprint density at radius 2 is 2.00 bits per heavy atom. The summed E-state index contributed by atoms with van der Waals surface area (Å²) in [7, 11) is 0. The van der Waals surface area contributed by atoms with E-state index in [-0.39, 0.29) is 23.7 Å². The molecule has 0 amide bonds. The van der Waals surface area contributed by atoms with Gasteiger partial charge >= 0.3 is 0 Å². The van der Waals surface area contributed by atoms with Gasteiger partial charge in [-0.05, 0) is 19.3 Å². The second-order valence-corrected chi connectivity index (χ2v) is 4.00. The molecule has 0 saturated carbocycles. The molecule has 15 heavy (non-hydrogen) atoms. The van der Waals surface area contributed by atoms with Crippen LogP contribution in [0.4, 0.5) is 0 Å². The van der Waals surface area contributed by atoms with Gasteiger partial charge in [-0.15, -0.1) is 0 Å². The van der Waals surface area contributed by atoms with Crippen molar-refractivity contribution in [1.82, 2.24) is 5.32 Å². The molecule has 0 aliphatic rings. The Labute approximate surface area is 91.1 Å². The molecule has 0 heterocycles. The van der Waals surface area contributed by atoms with Gasteiger partial charge in [0.15, 0.2) is 11.7 Å². The van der Waals surface area contributed by atoms with Gasteiger partial charge in [0.25, 0.3) is 0 Å². The maximum atomic E-state index is 11.4. The molecule has 0 aromatic heterocycles. The van der Waals surface area contributed by atoms with Gasteiger partial charge in [0, 0.05) is 12.5 Å². The van der Waals surface area contributed by atoms with Crippen molar-refractivity contribution in [2.45, 2.75) is 39.2 Å². The summed E-state index contributed by atoms with van der Waals surface area (Å²) >= 11 is 0. The first kappa shape index (κ1) is 13.9. The first-order chi connectivity index (χ1) is 6.95. The quantitative estimate of drug-likeness (QED) is 0.276. The lowest BCUT2D eigenvalue weighted by atomic mass is 9.98. The maximum Gasteiger partial charge on any atom is 0.185 e. The van der Waals surface area contributed by atoms with Crippen LogP contribution in [-0.2, 0) is 4.79 Å². The van der Waals surface area contributed by atoms with Crippen molar-refractivity contribution in [3.8, 4) is 0 Å². The summed E-state index contributed by atoms with van der Waals surface area (Å²) in [6, 6.07) is -0.345. The molecule has 0 saturated heterocycles. The van der Waals surface area contributed by atoms with E-state index in [1.54, 1.807) is 0 Å². The smallest absolute Gasteiger partial charge is 0.185 e. The average molecular weight is 214 g/mol. The third-order valence-corrected chi connectivity index (χ3v) is 2.19. The molecule has 0 aliphatic heterocycles. The van der Waals surface area contributed by atoms with Gasteiger partial charge < -0.3 is 16.8 Å². The van der Waals surface area contributed by atoms with Crippen LogP contribution in [0.5, 0.6) is 0 Å². The van der Waals surface area contributed by atoms with E-state index in [0.29, 0.717) is 13.0 Å². The standard InChI is InChI=1S/C10H22N4O/c1-7(2)9(15)8(11)5-3-4-6-14-10(12)13/h7-8H,3-6,11H2,1-2H3,(H4,12,13,14)/t8-/m1/s1. The molecule has 0 unspecified atom stereocenters. The zero-order chi connectivity index (χ0) is 11.8. The summed E-state index contributed by atoms with van der Waals surface area (Å²) in [6.07, 6.45) is 2.45. The molecule has 5 nitrogen and oxygen atoms in total. The number of unbranched alkanes of at least 4 members (excludes halogenated alkanes) is 1. The van der Waals surface area contributed by atoms with Crippen LogP contribution in [0.3, 0.4) is 0 Å². The largest absolute Gasteiger partial charge is 0.370 e. The third kappa shape index (κ3) is 6.90. The summed E-state index contributed by atoms with van der Waals surface area (Å²) in [4.78, 5) is 11.4. The number of carbonyl (C=O) groups excluding carboxylic acids is 1. The van der Waals surface area contributed by atoms with E-state index in [9.17, 15) is 4.79 Å². The lowest BCUT2D eigenvalue weighted by molar-refractivity contribution is -0.123. The summed E-state index contributed by atoms with van der Waals surface area (Å²) in [5, 5.41) is 9.63. The zero-order valence-corrected chi connectivity index (χ0v) is 9.55. The van der Waals surface area contributed by atoms with Crippen LogP contribution < -0.4 is 16.8 Å². The van der Waals surface area contributed by atoms with E-state index in [1.165, 1.54) is 0 Å². The van der Waals surface area contributed by atoms with E-state index >= 15 is 0 Å². The first-order valence-electron chi connectivity index (χ1n) is 5.32. The summed E-state index contributed by atoms with van der Waals surface area (Å²) in [6.45, 7) is 4.39. The number of ketones is 1.